The fourth-order valence-electron chi connectivity index (χ4n) is 1.07. The van der Waals surface area contributed by atoms with Crippen LogP contribution in [0.1, 0.15) is 25.2 Å². The Morgan fingerprint density at radius 2 is 1.22 bits per heavy atom. The average molecular weight is 347 g/mol. The molecule has 0 N–H and O–H groups in total. The molecule has 0 atom stereocenters. The summed E-state index contributed by atoms with van der Waals surface area (Å²) in [6.45, 7) is 3.90. The van der Waals surface area contributed by atoms with Gasteiger partial charge < -0.3 is 37.2 Å². The van der Waals surface area contributed by atoms with Gasteiger partial charge in [0.25, 0.3) is 0 Å². The molecule has 0 saturated carbocycles. The van der Waals surface area contributed by atoms with E-state index in [9.17, 15) is 0 Å². The minimum absolute atomic E-state index is 0. The molecule has 0 radical (unpaired) electrons. The van der Waals surface area contributed by atoms with Gasteiger partial charge in [-0.05, 0) is 26.0 Å². The van der Waals surface area contributed by atoms with Gasteiger partial charge in [-0.2, -0.15) is 0 Å². The molecular weight excluding hydrogens is 331 g/mol. The van der Waals surface area contributed by atoms with E-state index in [0.29, 0.717) is 0 Å². The second-order valence-electron chi connectivity index (χ2n) is 3.03. The smallest absolute Gasteiger partial charge is 1.00 e. The van der Waals surface area contributed by atoms with Crippen LogP contribution in [-0.4, -0.2) is 30.5 Å². The van der Waals surface area contributed by atoms with Crippen LogP contribution >= 0.6 is 0 Å². The molecule has 100 valence electrons. The second-order valence-corrected chi connectivity index (χ2v) is 3.03. The minimum atomic E-state index is 0. The van der Waals surface area contributed by atoms with Gasteiger partial charge in [0.2, 0.25) is 0 Å². The van der Waals surface area contributed by atoms with E-state index in [1.165, 1.54) is 0 Å². The van der Waals surface area contributed by atoms with Gasteiger partial charge in [-0.3, -0.25) is 9.98 Å². The Bertz CT molecular complexity index is 362. The maximum atomic E-state index is 4.45. The normalized spacial score (nSPS) is 10.2. The van der Waals surface area contributed by atoms with E-state index in [0.717, 1.165) is 22.8 Å². The van der Waals surface area contributed by atoms with Crippen molar-refractivity contribution < 1.29 is 55.8 Å². The molecule has 7 heteroatoms. The third kappa shape index (κ3) is 7.39. The molecule has 1 aromatic heterocycles. The van der Waals surface area contributed by atoms with E-state index in [-0.39, 0.29) is 55.8 Å². The van der Waals surface area contributed by atoms with Crippen molar-refractivity contribution in [2.75, 3.05) is 14.1 Å². The molecule has 0 bridgehead atoms. The number of rotatable bonds is 2. The summed E-state index contributed by atoms with van der Waals surface area (Å²) >= 11 is 0. The van der Waals surface area contributed by atoms with Crippen molar-refractivity contribution in [1.82, 2.24) is 4.98 Å². The van der Waals surface area contributed by atoms with Gasteiger partial charge >= 0.3 is 18.6 Å². The second kappa shape index (κ2) is 13.4. The monoisotopic (exact) mass is 345 g/mol. The van der Waals surface area contributed by atoms with Crippen molar-refractivity contribution in [1.29, 1.82) is 0 Å². The Balaban J connectivity index is -0.000000245. The Labute approximate surface area is 139 Å². The topological polar surface area (TPSA) is 37.6 Å². The fraction of sp³-hybridized carbons (Fsp3) is 0.364. The summed E-state index contributed by atoms with van der Waals surface area (Å²) in [5.74, 6) is 0. The summed E-state index contributed by atoms with van der Waals surface area (Å²) in [6, 6.07) is 5.88. The SMILES string of the molecule is CN=C(C)c1cccc(C(C)=NC)n1.[Cl-].[Cl-].[Cl-].[V+3]. The number of aliphatic imine (C=N–C) groups is 2. The molecule has 0 unspecified atom stereocenters. The summed E-state index contributed by atoms with van der Waals surface area (Å²) in [5, 5.41) is 0. The molecule has 0 saturated heterocycles. The third-order valence-corrected chi connectivity index (χ3v) is 2.16. The molecule has 0 aliphatic rings. The van der Waals surface area contributed by atoms with Crippen LogP contribution in [0.2, 0.25) is 0 Å². The molecule has 0 aliphatic heterocycles. The van der Waals surface area contributed by atoms with Crippen LogP contribution in [0, 0.1) is 0 Å². The Morgan fingerprint density at radius 3 is 1.50 bits per heavy atom. The first-order chi connectivity index (χ1) is 6.69. The number of hydrogen-bond donors (Lipinski definition) is 0. The van der Waals surface area contributed by atoms with E-state index in [2.05, 4.69) is 15.0 Å². The third-order valence-electron chi connectivity index (χ3n) is 2.16. The average Bonchev–Trinajstić information content (AvgIpc) is 2.27. The molecular formula is C11H15Cl3N3V. The van der Waals surface area contributed by atoms with Gasteiger partial charge in [-0.25, -0.2) is 4.98 Å². The molecule has 1 aromatic rings. The molecule has 3 nitrogen and oxygen atoms in total. The van der Waals surface area contributed by atoms with Crippen LogP contribution in [0.4, 0.5) is 0 Å². The Morgan fingerprint density at radius 1 is 0.889 bits per heavy atom. The first kappa shape index (κ1) is 26.5. The maximum Gasteiger partial charge on any atom is 3.00 e. The molecule has 1 heterocycles. The van der Waals surface area contributed by atoms with Crippen molar-refractivity contribution in [3.8, 4) is 0 Å². The number of hydrogen-bond acceptors (Lipinski definition) is 3. The van der Waals surface area contributed by atoms with Crippen LogP contribution in [0.5, 0.6) is 0 Å². The van der Waals surface area contributed by atoms with Crippen LogP contribution < -0.4 is 37.2 Å². The predicted molar refractivity (Wildman–Crippen MR) is 60.5 cm³/mol. The van der Waals surface area contributed by atoms with Gasteiger partial charge in [0.15, 0.2) is 0 Å². The first-order valence-electron chi connectivity index (χ1n) is 4.53. The molecule has 0 aliphatic carbocycles. The van der Waals surface area contributed by atoms with E-state index in [1.807, 2.05) is 32.0 Å². The molecule has 18 heavy (non-hydrogen) atoms. The van der Waals surface area contributed by atoms with Gasteiger partial charge in [-0.1, -0.05) is 6.07 Å². The van der Waals surface area contributed by atoms with Crippen LogP contribution in [0.25, 0.3) is 0 Å². The van der Waals surface area contributed by atoms with Crippen molar-refractivity contribution in [2.24, 2.45) is 9.98 Å². The van der Waals surface area contributed by atoms with E-state index >= 15 is 0 Å². The van der Waals surface area contributed by atoms with Gasteiger partial charge in [-0.15, -0.1) is 0 Å². The zero-order chi connectivity index (χ0) is 10.6. The molecule has 0 amide bonds. The summed E-state index contributed by atoms with van der Waals surface area (Å²) in [6.07, 6.45) is 0. The molecule has 0 spiro atoms. The fourth-order valence-corrected chi connectivity index (χ4v) is 1.07. The first-order valence-corrected chi connectivity index (χ1v) is 4.53. The van der Waals surface area contributed by atoms with Crippen molar-refractivity contribution in [2.45, 2.75) is 13.8 Å². The Kier molecular flexibility index (Phi) is 19.7. The zero-order valence-electron chi connectivity index (χ0n) is 10.7. The van der Waals surface area contributed by atoms with Crippen molar-refractivity contribution in [3.05, 3.63) is 29.6 Å². The zero-order valence-corrected chi connectivity index (χ0v) is 14.3. The van der Waals surface area contributed by atoms with Crippen LogP contribution in [0.3, 0.4) is 0 Å². The number of nitrogens with zero attached hydrogens (tertiary/aromatic N) is 3. The van der Waals surface area contributed by atoms with E-state index < -0.39 is 0 Å². The number of pyridine rings is 1. The molecule has 0 fully saturated rings. The predicted octanol–water partition coefficient (Wildman–Crippen LogP) is -7.03. The number of halogens is 3. The summed E-state index contributed by atoms with van der Waals surface area (Å²) in [4.78, 5) is 12.7. The minimum Gasteiger partial charge on any atom is -1.00 e. The van der Waals surface area contributed by atoms with Crippen LogP contribution in [0.15, 0.2) is 28.2 Å². The van der Waals surface area contributed by atoms with Gasteiger partial charge in [0.1, 0.15) is 0 Å². The quantitative estimate of drug-likeness (QED) is 0.491. The summed E-state index contributed by atoms with van der Waals surface area (Å²) in [7, 11) is 3.54. The van der Waals surface area contributed by atoms with Crippen molar-refractivity contribution >= 4 is 11.4 Å². The van der Waals surface area contributed by atoms with Gasteiger partial charge in [0.05, 0.1) is 22.8 Å². The molecule has 1 rings (SSSR count). The summed E-state index contributed by atoms with van der Waals surface area (Å²) < 4.78 is 0. The maximum absolute atomic E-state index is 4.45. The summed E-state index contributed by atoms with van der Waals surface area (Å²) in [5.41, 5.74) is 3.70. The standard InChI is InChI=1S/C11H15N3.3ClH.V/c1-8(12-3)10-6-5-7-11(14-10)9(2)13-4;;;;/h5-7H,1-4H3;3*1H;/q;;;;+3/p-3. The largest absolute Gasteiger partial charge is 3.00 e. The van der Waals surface area contributed by atoms with Crippen molar-refractivity contribution in [3.63, 3.8) is 0 Å². The number of aromatic nitrogens is 1. The van der Waals surface area contributed by atoms with E-state index in [1.54, 1.807) is 14.1 Å². The van der Waals surface area contributed by atoms with E-state index in [4.69, 9.17) is 0 Å². The Hall–Kier alpha value is -0.0556. The van der Waals surface area contributed by atoms with Gasteiger partial charge in [0, 0.05) is 14.1 Å². The van der Waals surface area contributed by atoms with Crippen LogP contribution in [-0.2, 0) is 18.6 Å². The molecule has 0 aromatic carbocycles.